The highest BCUT2D eigenvalue weighted by Crippen LogP contribution is 2.37. The highest BCUT2D eigenvalue weighted by Gasteiger charge is 2.35. The van der Waals surface area contributed by atoms with Crippen molar-refractivity contribution < 1.29 is 35.8 Å². The van der Waals surface area contributed by atoms with Crippen LogP contribution < -0.4 is 4.74 Å². The summed E-state index contributed by atoms with van der Waals surface area (Å²) in [5.41, 5.74) is -0.159. The van der Waals surface area contributed by atoms with Crippen molar-refractivity contribution in [1.82, 2.24) is 24.5 Å². The molecule has 2 heterocycles. The summed E-state index contributed by atoms with van der Waals surface area (Å²) in [6, 6.07) is 11.9. The molecule has 15 heteroatoms. The van der Waals surface area contributed by atoms with Crippen molar-refractivity contribution in [1.29, 1.82) is 0 Å². The summed E-state index contributed by atoms with van der Waals surface area (Å²) >= 11 is 6.60. The quantitative estimate of drug-likeness (QED) is 0.161. The summed E-state index contributed by atoms with van der Waals surface area (Å²) in [6.45, 7) is 6.40. The SMILES string of the molecule is CCC(C)(C)Oc1ccc(-c2cnnn2-c2cc(-c3cc(F)c(CO)c(S(C)(=O)=O)c3)ccc2-n2cc(C(F)(F)F)nc2C)cc1Cl. The number of hydrogen-bond donors (Lipinski definition) is 1. The average Bonchev–Trinajstić information content (AvgIpc) is 3.64. The van der Waals surface area contributed by atoms with E-state index < -0.39 is 44.6 Å². The van der Waals surface area contributed by atoms with E-state index in [1.807, 2.05) is 20.8 Å². The number of benzene rings is 3. The number of aliphatic hydroxyl groups is 1. The minimum Gasteiger partial charge on any atom is -0.486 e. The molecule has 0 radical (unpaired) electrons. The Kier molecular flexibility index (Phi) is 8.99. The maximum absolute atomic E-state index is 15.1. The fourth-order valence-electron chi connectivity index (χ4n) is 4.91. The molecule has 0 atom stereocenters. The summed E-state index contributed by atoms with van der Waals surface area (Å²) in [5.74, 6) is -0.470. The van der Waals surface area contributed by atoms with Crippen LogP contribution in [0.5, 0.6) is 5.75 Å². The van der Waals surface area contributed by atoms with Crippen molar-refractivity contribution in [3.05, 3.63) is 88.8 Å². The van der Waals surface area contributed by atoms with Gasteiger partial charge in [0.05, 0.1) is 39.8 Å². The van der Waals surface area contributed by atoms with Crippen molar-refractivity contribution in [3.63, 3.8) is 0 Å². The van der Waals surface area contributed by atoms with Crippen LogP contribution in [0.3, 0.4) is 0 Å². The topological polar surface area (TPSA) is 112 Å². The van der Waals surface area contributed by atoms with Gasteiger partial charge in [0.2, 0.25) is 0 Å². The van der Waals surface area contributed by atoms with Crippen LogP contribution in [-0.2, 0) is 22.6 Å². The molecule has 5 aromatic rings. The van der Waals surface area contributed by atoms with Crippen molar-refractivity contribution in [2.75, 3.05) is 6.26 Å². The number of aromatic nitrogens is 5. The maximum Gasteiger partial charge on any atom is 0.434 e. The molecular formula is C32H30ClF4N5O4S. The first kappa shape index (κ1) is 34.1. The first-order valence-electron chi connectivity index (χ1n) is 14.2. The number of halogens is 5. The molecule has 0 aliphatic heterocycles. The van der Waals surface area contributed by atoms with E-state index >= 15 is 4.39 Å². The van der Waals surface area contributed by atoms with E-state index in [9.17, 15) is 26.7 Å². The lowest BCUT2D eigenvalue weighted by molar-refractivity contribution is -0.141. The van der Waals surface area contributed by atoms with E-state index in [4.69, 9.17) is 16.3 Å². The number of aryl methyl sites for hydroxylation is 1. The average molecular weight is 692 g/mol. The van der Waals surface area contributed by atoms with E-state index in [1.165, 1.54) is 46.6 Å². The van der Waals surface area contributed by atoms with E-state index in [0.29, 0.717) is 27.6 Å². The highest BCUT2D eigenvalue weighted by molar-refractivity contribution is 7.90. The second-order valence-corrected chi connectivity index (χ2v) is 13.9. The minimum absolute atomic E-state index is 0.0220. The molecule has 0 fully saturated rings. The van der Waals surface area contributed by atoms with Crippen molar-refractivity contribution in [3.8, 4) is 39.5 Å². The van der Waals surface area contributed by atoms with Gasteiger partial charge in [0.15, 0.2) is 15.5 Å². The maximum atomic E-state index is 15.1. The molecule has 3 aromatic carbocycles. The molecule has 0 aliphatic carbocycles. The van der Waals surface area contributed by atoms with Gasteiger partial charge in [0.1, 0.15) is 23.0 Å². The van der Waals surface area contributed by atoms with Crippen LogP contribution in [-0.4, -0.2) is 49.9 Å². The molecule has 0 saturated carbocycles. The summed E-state index contributed by atoms with van der Waals surface area (Å²) in [7, 11) is -3.95. The number of aliphatic hydroxyl groups excluding tert-OH is 1. The third-order valence-corrected chi connectivity index (χ3v) is 9.15. The molecule has 2 aromatic heterocycles. The Bertz CT molecular complexity index is 2090. The van der Waals surface area contributed by atoms with Crippen LogP contribution in [0.1, 0.15) is 44.3 Å². The van der Waals surface area contributed by atoms with Gasteiger partial charge in [-0.05, 0) is 80.8 Å². The molecule has 248 valence electrons. The predicted octanol–water partition coefficient (Wildman–Crippen LogP) is 7.37. The minimum atomic E-state index is -4.71. The van der Waals surface area contributed by atoms with E-state index in [0.717, 1.165) is 24.9 Å². The summed E-state index contributed by atoms with van der Waals surface area (Å²) in [6.07, 6.45) is -0.803. The van der Waals surface area contributed by atoms with Crippen molar-refractivity contribution >= 4 is 21.4 Å². The molecule has 0 bridgehead atoms. The molecule has 5 rings (SSSR count). The largest absolute Gasteiger partial charge is 0.486 e. The van der Waals surface area contributed by atoms with Gasteiger partial charge in [-0.1, -0.05) is 29.8 Å². The van der Waals surface area contributed by atoms with Gasteiger partial charge in [-0.15, -0.1) is 5.10 Å². The van der Waals surface area contributed by atoms with Crippen LogP contribution in [0.25, 0.3) is 33.8 Å². The zero-order valence-electron chi connectivity index (χ0n) is 25.9. The Hall–Kier alpha value is -4.27. The normalized spacial score (nSPS) is 12.5. The Morgan fingerprint density at radius 1 is 1.00 bits per heavy atom. The first-order valence-corrected chi connectivity index (χ1v) is 16.5. The summed E-state index contributed by atoms with van der Waals surface area (Å²) < 4.78 is 89.7. The van der Waals surface area contributed by atoms with Crippen LogP contribution in [0.2, 0.25) is 5.02 Å². The highest BCUT2D eigenvalue weighted by atomic mass is 35.5. The van der Waals surface area contributed by atoms with E-state index in [2.05, 4.69) is 15.3 Å². The standard InChI is InChI=1S/C32H30ClF4N5O4S/c1-6-31(3,4)46-28-10-8-20(11-23(28)33)27-15-38-40-42(27)26-13-19(21-12-24(34)22(17-43)29(14-21)47(5,44)45)7-9-25(26)41-16-30(32(35,36)37)39-18(41)2/h7-16,43H,6,17H2,1-5H3. The lowest BCUT2D eigenvalue weighted by atomic mass is 10.0. The van der Waals surface area contributed by atoms with Gasteiger partial charge in [-0.25, -0.2) is 22.5 Å². The summed E-state index contributed by atoms with van der Waals surface area (Å²) in [4.78, 5) is 3.29. The molecule has 0 aliphatic rings. The van der Waals surface area contributed by atoms with Crippen LogP contribution in [0.4, 0.5) is 17.6 Å². The van der Waals surface area contributed by atoms with Crippen molar-refractivity contribution in [2.45, 2.75) is 57.4 Å². The number of nitrogens with zero attached hydrogens (tertiary/aromatic N) is 5. The third kappa shape index (κ3) is 6.90. The molecule has 0 saturated heterocycles. The molecule has 9 nitrogen and oxygen atoms in total. The van der Waals surface area contributed by atoms with Crippen LogP contribution in [0.15, 0.2) is 65.8 Å². The number of alkyl halides is 3. The van der Waals surface area contributed by atoms with E-state index in [1.54, 1.807) is 18.2 Å². The number of hydrogen-bond acceptors (Lipinski definition) is 7. The predicted molar refractivity (Wildman–Crippen MR) is 168 cm³/mol. The Morgan fingerprint density at radius 2 is 1.70 bits per heavy atom. The van der Waals surface area contributed by atoms with Crippen LogP contribution >= 0.6 is 11.6 Å². The molecular weight excluding hydrogens is 662 g/mol. The zero-order valence-corrected chi connectivity index (χ0v) is 27.5. The lowest BCUT2D eigenvalue weighted by Crippen LogP contribution is -2.26. The van der Waals surface area contributed by atoms with Gasteiger partial charge in [-0.3, -0.25) is 0 Å². The van der Waals surface area contributed by atoms with Gasteiger partial charge in [-0.2, -0.15) is 13.2 Å². The monoisotopic (exact) mass is 691 g/mol. The molecule has 47 heavy (non-hydrogen) atoms. The Balaban J connectivity index is 1.73. The molecule has 1 N–H and O–H groups in total. The molecule has 0 amide bonds. The van der Waals surface area contributed by atoms with Gasteiger partial charge >= 0.3 is 6.18 Å². The smallest absolute Gasteiger partial charge is 0.434 e. The summed E-state index contributed by atoms with van der Waals surface area (Å²) in [5, 5.41) is 18.2. The number of rotatable bonds is 9. The second kappa shape index (κ2) is 12.4. The molecule has 0 unspecified atom stereocenters. The fourth-order valence-corrected chi connectivity index (χ4v) is 6.08. The fraction of sp³-hybridized carbons (Fsp3) is 0.281. The number of sulfone groups is 1. The zero-order chi connectivity index (χ0) is 34.5. The van der Waals surface area contributed by atoms with Crippen molar-refractivity contribution in [2.24, 2.45) is 0 Å². The van der Waals surface area contributed by atoms with Gasteiger partial charge < -0.3 is 14.4 Å². The lowest BCUT2D eigenvalue weighted by Gasteiger charge is -2.25. The van der Waals surface area contributed by atoms with Gasteiger partial charge in [0, 0.05) is 23.6 Å². The number of imidazole rings is 1. The second-order valence-electron chi connectivity index (χ2n) is 11.5. The molecule has 0 spiro atoms. The number of ether oxygens (including phenoxy) is 1. The Morgan fingerprint density at radius 3 is 2.30 bits per heavy atom. The van der Waals surface area contributed by atoms with Crippen LogP contribution in [0, 0.1) is 12.7 Å². The Labute approximate surface area is 273 Å². The third-order valence-electron chi connectivity index (χ3n) is 7.70. The first-order chi connectivity index (χ1) is 21.9. The van der Waals surface area contributed by atoms with E-state index in [-0.39, 0.29) is 28.3 Å². The van der Waals surface area contributed by atoms with Gasteiger partial charge in [0.25, 0.3) is 0 Å².